The third-order valence-corrected chi connectivity index (χ3v) is 6.46. The summed E-state index contributed by atoms with van der Waals surface area (Å²) in [6.45, 7) is 5.57. The van der Waals surface area contributed by atoms with Gasteiger partial charge in [-0.2, -0.15) is 0 Å². The molecule has 3 aliphatic heterocycles. The number of likely N-dealkylation sites (tertiary alicyclic amines) is 2. The number of morpholine rings is 1. The average Bonchev–Trinajstić information content (AvgIpc) is 3.34. The normalized spacial score (nSPS) is 34.4. The van der Waals surface area contributed by atoms with E-state index in [4.69, 9.17) is 10.5 Å². The molecule has 8 nitrogen and oxygen atoms in total. The maximum absolute atomic E-state index is 12.6. The largest absolute Gasteiger partial charge is 0.378 e. The van der Waals surface area contributed by atoms with Gasteiger partial charge in [0.15, 0.2) is 0 Å². The number of nitrogens with one attached hydrogen (secondary N) is 1. The SMILES string of the molecule is NC1CCCN1C(=O)CN[C@@H]1C[C@@H]2CN(C(=O)N3CCOCC3)C[C@@H]2C1. The van der Waals surface area contributed by atoms with E-state index in [0.717, 1.165) is 45.3 Å². The molecule has 1 aliphatic carbocycles. The van der Waals surface area contributed by atoms with E-state index in [1.165, 1.54) is 0 Å². The number of amides is 3. The zero-order chi connectivity index (χ0) is 18.1. The van der Waals surface area contributed by atoms with Crippen LogP contribution in [0, 0.1) is 11.8 Å². The van der Waals surface area contributed by atoms with E-state index in [1.54, 1.807) is 4.90 Å². The molecule has 4 fully saturated rings. The van der Waals surface area contributed by atoms with Gasteiger partial charge in [0.1, 0.15) is 0 Å². The van der Waals surface area contributed by atoms with E-state index >= 15 is 0 Å². The van der Waals surface area contributed by atoms with Crippen LogP contribution in [-0.2, 0) is 9.53 Å². The van der Waals surface area contributed by atoms with Gasteiger partial charge in [-0.15, -0.1) is 0 Å². The lowest BCUT2D eigenvalue weighted by Crippen LogP contribution is -2.48. The van der Waals surface area contributed by atoms with Crippen LogP contribution in [-0.4, -0.2) is 91.3 Å². The van der Waals surface area contributed by atoms with Crippen molar-refractivity contribution >= 4 is 11.9 Å². The van der Waals surface area contributed by atoms with E-state index in [1.807, 2.05) is 9.80 Å². The second-order valence-electron chi connectivity index (χ2n) is 8.15. The summed E-state index contributed by atoms with van der Waals surface area (Å²) >= 11 is 0. The first-order valence-electron chi connectivity index (χ1n) is 10.0. The van der Waals surface area contributed by atoms with Crippen LogP contribution >= 0.6 is 0 Å². The molecular formula is C18H31N5O3. The first-order valence-corrected chi connectivity index (χ1v) is 10.0. The number of hydrogen-bond acceptors (Lipinski definition) is 5. The van der Waals surface area contributed by atoms with Crippen molar-refractivity contribution in [3.8, 4) is 0 Å². The van der Waals surface area contributed by atoms with Gasteiger partial charge in [-0.25, -0.2) is 4.79 Å². The summed E-state index contributed by atoms with van der Waals surface area (Å²) in [6, 6.07) is 0.554. The smallest absolute Gasteiger partial charge is 0.320 e. The molecule has 0 aromatic carbocycles. The summed E-state index contributed by atoms with van der Waals surface area (Å²) < 4.78 is 5.33. The van der Waals surface area contributed by atoms with Crippen LogP contribution in [0.25, 0.3) is 0 Å². The lowest BCUT2D eigenvalue weighted by atomic mass is 10.0. The van der Waals surface area contributed by atoms with Crippen molar-refractivity contribution in [1.29, 1.82) is 0 Å². The zero-order valence-corrected chi connectivity index (χ0v) is 15.4. The van der Waals surface area contributed by atoms with E-state index < -0.39 is 0 Å². The molecule has 146 valence electrons. The number of hydrogen-bond donors (Lipinski definition) is 2. The first-order chi connectivity index (χ1) is 12.6. The maximum Gasteiger partial charge on any atom is 0.320 e. The van der Waals surface area contributed by atoms with Gasteiger partial charge >= 0.3 is 6.03 Å². The third-order valence-electron chi connectivity index (χ3n) is 6.46. The van der Waals surface area contributed by atoms with E-state index in [0.29, 0.717) is 50.7 Å². The molecule has 26 heavy (non-hydrogen) atoms. The Balaban J connectivity index is 1.21. The highest BCUT2D eigenvalue weighted by molar-refractivity contribution is 5.78. The van der Waals surface area contributed by atoms with Gasteiger partial charge in [0.25, 0.3) is 0 Å². The summed E-state index contributed by atoms with van der Waals surface area (Å²) in [4.78, 5) is 30.6. The number of nitrogens with two attached hydrogens (primary N) is 1. The Labute approximate surface area is 155 Å². The summed E-state index contributed by atoms with van der Waals surface area (Å²) in [5.41, 5.74) is 5.97. The van der Waals surface area contributed by atoms with Crippen molar-refractivity contribution in [3.63, 3.8) is 0 Å². The van der Waals surface area contributed by atoms with Crippen molar-refractivity contribution in [3.05, 3.63) is 0 Å². The summed E-state index contributed by atoms with van der Waals surface area (Å²) in [5.74, 6) is 1.24. The molecule has 3 saturated heterocycles. The van der Waals surface area contributed by atoms with Crippen LogP contribution in [0.1, 0.15) is 25.7 Å². The Kier molecular flexibility index (Phi) is 5.33. The Morgan fingerprint density at radius 2 is 1.73 bits per heavy atom. The van der Waals surface area contributed by atoms with Crippen LogP contribution < -0.4 is 11.1 Å². The molecule has 0 spiro atoms. The molecule has 1 saturated carbocycles. The number of carbonyl (C=O) groups excluding carboxylic acids is 2. The molecule has 4 rings (SSSR count). The van der Waals surface area contributed by atoms with Gasteiger partial charge in [0.2, 0.25) is 5.91 Å². The molecule has 3 amide bonds. The molecule has 4 atom stereocenters. The predicted molar refractivity (Wildman–Crippen MR) is 96.3 cm³/mol. The van der Waals surface area contributed by atoms with Gasteiger partial charge in [0.05, 0.1) is 25.9 Å². The predicted octanol–water partition coefficient (Wildman–Crippen LogP) is -0.354. The quantitative estimate of drug-likeness (QED) is 0.713. The molecule has 1 unspecified atom stereocenters. The van der Waals surface area contributed by atoms with Gasteiger partial charge in [-0.05, 0) is 37.5 Å². The zero-order valence-electron chi connectivity index (χ0n) is 15.4. The van der Waals surface area contributed by atoms with Crippen molar-refractivity contribution in [2.45, 2.75) is 37.9 Å². The summed E-state index contributed by atoms with van der Waals surface area (Å²) in [6.07, 6.45) is 3.92. The van der Waals surface area contributed by atoms with Gasteiger partial charge < -0.3 is 30.5 Å². The third kappa shape index (κ3) is 3.68. The van der Waals surface area contributed by atoms with E-state index in [9.17, 15) is 9.59 Å². The average molecular weight is 365 g/mol. The fourth-order valence-corrected chi connectivity index (χ4v) is 5.01. The number of carbonyl (C=O) groups is 2. The standard InChI is InChI=1S/C18H31N5O3/c19-16-2-1-3-23(16)17(24)10-20-15-8-13-11-22(12-14(13)9-15)18(25)21-4-6-26-7-5-21/h13-16,20H,1-12,19H2/t13-,14+,15-,16?. The first kappa shape index (κ1) is 18.0. The fraction of sp³-hybridized carbons (Fsp3) is 0.889. The highest BCUT2D eigenvalue weighted by Crippen LogP contribution is 2.38. The van der Waals surface area contributed by atoms with E-state index in [-0.39, 0.29) is 18.1 Å². The van der Waals surface area contributed by atoms with Crippen LogP contribution in [0.5, 0.6) is 0 Å². The lowest BCUT2D eigenvalue weighted by Gasteiger charge is -2.31. The molecule has 0 radical (unpaired) electrons. The number of fused-ring (bicyclic) bond motifs is 1. The minimum atomic E-state index is -0.105. The second kappa shape index (κ2) is 7.70. The minimum absolute atomic E-state index is 0.105. The monoisotopic (exact) mass is 365 g/mol. The Bertz CT molecular complexity index is 525. The molecule has 0 aromatic heterocycles. The molecule has 8 heteroatoms. The Morgan fingerprint density at radius 1 is 1.04 bits per heavy atom. The molecule has 0 bridgehead atoms. The van der Waals surface area contributed by atoms with Gasteiger partial charge in [-0.1, -0.05) is 0 Å². The number of nitrogens with zero attached hydrogens (tertiary/aromatic N) is 3. The number of urea groups is 1. The van der Waals surface area contributed by atoms with Crippen molar-refractivity contribution in [2.75, 3.05) is 52.5 Å². The van der Waals surface area contributed by atoms with Crippen molar-refractivity contribution in [2.24, 2.45) is 17.6 Å². The fourth-order valence-electron chi connectivity index (χ4n) is 5.01. The second-order valence-corrected chi connectivity index (χ2v) is 8.15. The van der Waals surface area contributed by atoms with Crippen LogP contribution in [0.4, 0.5) is 4.79 Å². The van der Waals surface area contributed by atoms with Gasteiger partial charge in [0, 0.05) is 38.8 Å². The molecule has 3 heterocycles. The highest BCUT2D eigenvalue weighted by Gasteiger charge is 2.43. The highest BCUT2D eigenvalue weighted by atomic mass is 16.5. The molecule has 0 aromatic rings. The van der Waals surface area contributed by atoms with Crippen molar-refractivity contribution in [1.82, 2.24) is 20.0 Å². The Hall–Kier alpha value is -1.38. The van der Waals surface area contributed by atoms with Crippen molar-refractivity contribution < 1.29 is 14.3 Å². The van der Waals surface area contributed by atoms with E-state index in [2.05, 4.69) is 5.32 Å². The lowest BCUT2D eigenvalue weighted by molar-refractivity contribution is -0.131. The van der Waals surface area contributed by atoms with Crippen LogP contribution in [0.3, 0.4) is 0 Å². The summed E-state index contributed by atoms with van der Waals surface area (Å²) in [5, 5.41) is 3.44. The molecular weight excluding hydrogens is 334 g/mol. The van der Waals surface area contributed by atoms with Crippen LogP contribution in [0.15, 0.2) is 0 Å². The molecule has 4 aliphatic rings. The van der Waals surface area contributed by atoms with Gasteiger partial charge in [-0.3, -0.25) is 4.79 Å². The number of ether oxygens (including phenoxy) is 1. The number of rotatable bonds is 3. The maximum atomic E-state index is 12.6. The minimum Gasteiger partial charge on any atom is -0.378 e. The molecule has 3 N–H and O–H groups in total. The topological polar surface area (TPSA) is 91.1 Å². The van der Waals surface area contributed by atoms with Crippen LogP contribution in [0.2, 0.25) is 0 Å². The summed E-state index contributed by atoms with van der Waals surface area (Å²) in [7, 11) is 0. The Morgan fingerprint density at radius 3 is 2.35 bits per heavy atom.